The van der Waals surface area contributed by atoms with Crippen LogP contribution in [0.2, 0.25) is 0 Å². The van der Waals surface area contributed by atoms with Crippen molar-refractivity contribution in [3.63, 3.8) is 0 Å². The normalized spacial score (nSPS) is 10.0. The van der Waals surface area contributed by atoms with Gasteiger partial charge in [0.15, 0.2) is 0 Å². The lowest BCUT2D eigenvalue weighted by molar-refractivity contribution is 0.0698. The molecule has 2 aromatic rings. The maximum Gasteiger partial charge on any atom is 0.338 e. The van der Waals surface area contributed by atoms with E-state index in [-0.39, 0.29) is 10.6 Å². The summed E-state index contributed by atoms with van der Waals surface area (Å²) in [7, 11) is 1.53. The quantitative estimate of drug-likeness (QED) is 0.762. The Morgan fingerprint density at radius 1 is 1.29 bits per heavy atom. The molecule has 0 aliphatic carbocycles. The zero-order valence-corrected chi connectivity index (χ0v) is 13.2. The molecule has 2 rings (SSSR count). The third-order valence-corrected chi connectivity index (χ3v) is 4.07. The molecule has 0 spiro atoms. The summed E-state index contributed by atoms with van der Waals surface area (Å²) < 4.78 is 5.76. The lowest BCUT2D eigenvalue weighted by Gasteiger charge is -2.10. The summed E-state index contributed by atoms with van der Waals surface area (Å²) in [6.45, 7) is 0. The second-order valence-electron chi connectivity index (χ2n) is 3.89. The van der Waals surface area contributed by atoms with Crippen molar-refractivity contribution in [2.75, 3.05) is 17.7 Å². The highest BCUT2D eigenvalue weighted by molar-refractivity contribution is 9.10. The van der Waals surface area contributed by atoms with Crippen molar-refractivity contribution in [3.05, 3.63) is 39.7 Å². The molecule has 0 radical (unpaired) electrons. The summed E-state index contributed by atoms with van der Waals surface area (Å²) in [5, 5.41) is 16.0. The third kappa shape index (κ3) is 3.73. The molecule has 8 heteroatoms. The highest BCUT2D eigenvalue weighted by atomic mass is 79.9. The molecular formula is C13H11BrN2O4S. The number of halogens is 1. The van der Waals surface area contributed by atoms with Crippen molar-refractivity contribution in [2.45, 2.75) is 0 Å². The Kier molecular flexibility index (Phi) is 4.81. The first kappa shape index (κ1) is 15.3. The Hall–Kier alpha value is -2.06. The first-order valence-electron chi connectivity index (χ1n) is 5.73. The van der Waals surface area contributed by atoms with Crippen molar-refractivity contribution in [3.8, 4) is 5.75 Å². The number of urea groups is 1. The molecule has 3 N–H and O–H groups in total. The van der Waals surface area contributed by atoms with Crippen molar-refractivity contribution in [1.29, 1.82) is 0 Å². The van der Waals surface area contributed by atoms with Gasteiger partial charge in [-0.05, 0) is 39.5 Å². The number of thiophene rings is 1. The minimum absolute atomic E-state index is 0.0554. The van der Waals surface area contributed by atoms with Gasteiger partial charge in [-0.15, -0.1) is 11.3 Å². The van der Waals surface area contributed by atoms with Crippen LogP contribution in [0.3, 0.4) is 0 Å². The van der Waals surface area contributed by atoms with Gasteiger partial charge >= 0.3 is 12.0 Å². The number of carbonyl (C=O) groups excluding carboxylic acids is 1. The maximum absolute atomic E-state index is 11.9. The van der Waals surface area contributed by atoms with E-state index in [9.17, 15) is 9.59 Å². The molecule has 2 amide bonds. The number of anilines is 2. The fraction of sp³-hybridized carbons (Fsp3) is 0.0769. The molecular weight excluding hydrogens is 360 g/mol. The SMILES string of the molecule is COc1ccc(Br)c(NC(=O)Nc2sccc2C(=O)O)c1. The number of amides is 2. The van der Waals surface area contributed by atoms with Gasteiger partial charge in [-0.3, -0.25) is 5.32 Å². The van der Waals surface area contributed by atoms with E-state index < -0.39 is 12.0 Å². The van der Waals surface area contributed by atoms with Gasteiger partial charge in [0, 0.05) is 10.5 Å². The van der Waals surface area contributed by atoms with E-state index in [4.69, 9.17) is 9.84 Å². The molecule has 0 atom stereocenters. The number of nitrogens with one attached hydrogen (secondary N) is 2. The molecule has 0 bridgehead atoms. The Bertz CT molecular complexity index is 687. The number of hydrogen-bond donors (Lipinski definition) is 3. The standard InChI is InChI=1S/C13H11BrN2O4S/c1-20-7-2-3-9(14)10(6-7)15-13(19)16-11-8(12(17)18)4-5-21-11/h2-6H,1H3,(H,17,18)(H2,15,16,19). The van der Waals surface area contributed by atoms with Gasteiger partial charge in [-0.2, -0.15) is 0 Å². The second kappa shape index (κ2) is 6.59. The van der Waals surface area contributed by atoms with E-state index in [0.717, 1.165) is 11.3 Å². The molecule has 0 saturated heterocycles. The Balaban J connectivity index is 2.11. The van der Waals surface area contributed by atoms with Crippen LogP contribution in [0.1, 0.15) is 10.4 Å². The minimum atomic E-state index is -1.09. The number of carbonyl (C=O) groups is 2. The van der Waals surface area contributed by atoms with Crippen LogP contribution < -0.4 is 15.4 Å². The molecule has 0 aliphatic heterocycles. The average Bonchev–Trinajstić information content (AvgIpc) is 2.89. The molecule has 1 aromatic carbocycles. The highest BCUT2D eigenvalue weighted by Crippen LogP contribution is 2.28. The maximum atomic E-state index is 11.9. The van der Waals surface area contributed by atoms with E-state index in [2.05, 4.69) is 26.6 Å². The van der Waals surface area contributed by atoms with Crippen LogP contribution in [0.4, 0.5) is 15.5 Å². The molecule has 0 aliphatic rings. The van der Waals surface area contributed by atoms with Crippen molar-refractivity contribution < 1.29 is 19.4 Å². The molecule has 6 nitrogen and oxygen atoms in total. The number of aromatic carboxylic acids is 1. The van der Waals surface area contributed by atoms with Gasteiger partial charge in [-0.1, -0.05) is 0 Å². The predicted molar refractivity (Wildman–Crippen MR) is 84.6 cm³/mol. The number of hydrogen-bond acceptors (Lipinski definition) is 4. The first-order chi connectivity index (χ1) is 10.0. The van der Waals surface area contributed by atoms with E-state index in [1.807, 2.05) is 0 Å². The Labute approximate surface area is 132 Å². The van der Waals surface area contributed by atoms with Gasteiger partial charge in [0.2, 0.25) is 0 Å². The summed E-state index contributed by atoms with van der Waals surface area (Å²) in [5.41, 5.74) is 0.570. The molecule has 0 unspecified atom stereocenters. The van der Waals surface area contributed by atoms with Crippen molar-refractivity contribution >= 4 is 50.0 Å². The minimum Gasteiger partial charge on any atom is -0.497 e. The van der Waals surface area contributed by atoms with Crippen LogP contribution >= 0.6 is 27.3 Å². The lowest BCUT2D eigenvalue weighted by Crippen LogP contribution is -2.20. The predicted octanol–water partition coefficient (Wildman–Crippen LogP) is 3.86. The van der Waals surface area contributed by atoms with Gasteiger partial charge in [-0.25, -0.2) is 9.59 Å². The molecule has 1 aromatic heterocycles. The summed E-state index contributed by atoms with van der Waals surface area (Å²) in [4.78, 5) is 22.9. The van der Waals surface area contributed by atoms with Crippen molar-refractivity contribution in [2.24, 2.45) is 0 Å². The Morgan fingerprint density at radius 2 is 2.05 bits per heavy atom. The summed E-state index contributed by atoms with van der Waals surface area (Å²) in [6, 6.07) is 6.03. The van der Waals surface area contributed by atoms with Gasteiger partial charge in [0.25, 0.3) is 0 Å². The Morgan fingerprint density at radius 3 is 2.71 bits per heavy atom. The smallest absolute Gasteiger partial charge is 0.338 e. The van der Waals surface area contributed by atoms with E-state index in [0.29, 0.717) is 15.9 Å². The molecule has 1 heterocycles. The van der Waals surface area contributed by atoms with Crippen LogP contribution in [-0.4, -0.2) is 24.2 Å². The van der Waals surface area contributed by atoms with Crippen molar-refractivity contribution in [1.82, 2.24) is 0 Å². The number of ether oxygens (including phenoxy) is 1. The first-order valence-corrected chi connectivity index (χ1v) is 7.41. The molecule has 0 saturated carbocycles. The van der Waals surface area contributed by atoms with Crippen LogP contribution in [0.25, 0.3) is 0 Å². The monoisotopic (exact) mass is 370 g/mol. The average molecular weight is 371 g/mol. The zero-order valence-electron chi connectivity index (χ0n) is 10.8. The third-order valence-electron chi connectivity index (χ3n) is 2.54. The largest absolute Gasteiger partial charge is 0.497 e. The van der Waals surface area contributed by atoms with Gasteiger partial charge in [0.1, 0.15) is 10.8 Å². The molecule has 110 valence electrons. The van der Waals surface area contributed by atoms with E-state index >= 15 is 0 Å². The van der Waals surface area contributed by atoms with Crippen LogP contribution in [0, 0.1) is 0 Å². The number of carboxylic acid groups (broad SMARTS) is 1. The molecule has 21 heavy (non-hydrogen) atoms. The number of rotatable bonds is 4. The van der Waals surface area contributed by atoms with Gasteiger partial charge < -0.3 is 15.2 Å². The van der Waals surface area contributed by atoms with E-state index in [1.54, 1.807) is 23.6 Å². The molecule has 0 fully saturated rings. The fourth-order valence-electron chi connectivity index (χ4n) is 1.56. The van der Waals surface area contributed by atoms with Crippen LogP contribution in [0.15, 0.2) is 34.1 Å². The number of carboxylic acids is 1. The fourth-order valence-corrected chi connectivity index (χ4v) is 2.68. The lowest BCUT2D eigenvalue weighted by atomic mass is 10.3. The van der Waals surface area contributed by atoms with Gasteiger partial charge in [0.05, 0.1) is 18.4 Å². The van der Waals surface area contributed by atoms with Crippen LogP contribution in [-0.2, 0) is 0 Å². The number of methoxy groups -OCH3 is 1. The van der Waals surface area contributed by atoms with Crippen LogP contribution in [0.5, 0.6) is 5.75 Å². The summed E-state index contributed by atoms with van der Waals surface area (Å²) in [5.74, 6) is -0.495. The zero-order chi connectivity index (χ0) is 15.4. The topological polar surface area (TPSA) is 87.7 Å². The summed E-state index contributed by atoms with van der Waals surface area (Å²) >= 11 is 4.45. The second-order valence-corrected chi connectivity index (χ2v) is 5.66. The number of benzene rings is 1. The highest BCUT2D eigenvalue weighted by Gasteiger charge is 2.14. The van der Waals surface area contributed by atoms with E-state index in [1.165, 1.54) is 13.2 Å². The summed E-state index contributed by atoms with van der Waals surface area (Å²) in [6.07, 6.45) is 0.